The van der Waals surface area contributed by atoms with Crippen molar-refractivity contribution in [3.05, 3.63) is 29.8 Å². The molecule has 0 bridgehead atoms. The van der Waals surface area contributed by atoms with Gasteiger partial charge >= 0.3 is 0 Å². The van der Waals surface area contributed by atoms with Gasteiger partial charge in [-0.1, -0.05) is 12.1 Å². The normalized spacial score (nSPS) is 20.9. The van der Waals surface area contributed by atoms with E-state index in [4.69, 9.17) is 9.47 Å². The van der Waals surface area contributed by atoms with Crippen LogP contribution in [0.2, 0.25) is 0 Å². The summed E-state index contributed by atoms with van der Waals surface area (Å²) in [6, 6.07) is 7.12. The molecule has 1 heterocycles. The third kappa shape index (κ3) is 2.80. The van der Waals surface area contributed by atoms with Gasteiger partial charge in [-0.2, -0.15) is 0 Å². The van der Waals surface area contributed by atoms with Crippen molar-refractivity contribution in [1.29, 1.82) is 0 Å². The molecule has 1 aromatic carbocycles. The highest BCUT2D eigenvalue weighted by Crippen LogP contribution is 2.19. The molecule has 0 spiro atoms. The molecular formula is C12H14O3. The third-order valence-corrected chi connectivity index (χ3v) is 2.40. The quantitative estimate of drug-likeness (QED) is 0.712. The number of ether oxygens (including phenoxy) is 2. The van der Waals surface area contributed by atoms with Gasteiger partial charge in [0.2, 0.25) is 0 Å². The van der Waals surface area contributed by atoms with Crippen molar-refractivity contribution >= 4 is 6.29 Å². The molecule has 0 N–H and O–H groups in total. The lowest BCUT2D eigenvalue weighted by Crippen LogP contribution is -2.24. The van der Waals surface area contributed by atoms with Crippen LogP contribution >= 0.6 is 0 Å². The molecule has 1 saturated heterocycles. The number of carbonyl (C=O) groups is 1. The van der Waals surface area contributed by atoms with Gasteiger partial charge in [-0.3, -0.25) is 4.79 Å². The molecule has 3 heteroatoms. The van der Waals surface area contributed by atoms with Crippen molar-refractivity contribution in [3.8, 4) is 5.75 Å². The van der Waals surface area contributed by atoms with Gasteiger partial charge in [-0.05, 0) is 25.0 Å². The van der Waals surface area contributed by atoms with Gasteiger partial charge in [0, 0.05) is 12.0 Å². The summed E-state index contributed by atoms with van der Waals surface area (Å²) in [6.45, 7) is 0.762. The number of rotatable bonds is 3. The molecule has 1 atom stereocenters. The lowest BCUT2D eigenvalue weighted by molar-refractivity contribution is -0.105. The van der Waals surface area contributed by atoms with Crippen LogP contribution in [0, 0.1) is 0 Å². The Balaban J connectivity index is 1.99. The molecule has 1 fully saturated rings. The first-order valence-corrected chi connectivity index (χ1v) is 5.22. The lowest BCUT2D eigenvalue weighted by atomic mass is 10.2. The molecule has 1 unspecified atom stereocenters. The fourth-order valence-electron chi connectivity index (χ4n) is 1.62. The van der Waals surface area contributed by atoms with E-state index in [9.17, 15) is 4.79 Å². The van der Waals surface area contributed by atoms with Crippen LogP contribution in [0.1, 0.15) is 29.6 Å². The van der Waals surface area contributed by atoms with E-state index < -0.39 is 0 Å². The van der Waals surface area contributed by atoms with E-state index in [1.54, 1.807) is 12.1 Å². The standard InChI is InChI=1S/C12H14O3/c13-9-10-4-3-5-11(8-10)15-12-6-1-2-7-14-12/h3-5,8-9,12H,1-2,6-7H2. The summed E-state index contributed by atoms with van der Waals surface area (Å²) in [6.07, 6.45) is 3.83. The Morgan fingerprint density at radius 3 is 3.07 bits per heavy atom. The number of hydrogen-bond acceptors (Lipinski definition) is 3. The number of hydrogen-bond donors (Lipinski definition) is 0. The second-order valence-corrected chi connectivity index (χ2v) is 3.60. The van der Waals surface area contributed by atoms with Crippen LogP contribution in [0.3, 0.4) is 0 Å². The second-order valence-electron chi connectivity index (χ2n) is 3.60. The average molecular weight is 206 g/mol. The van der Waals surface area contributed by atoms with E-state index in [1.807, 2.05) is 12.1 Å². The zero-order valence-electron chi connectivity index (χ0n) is 8.52. The second kappa shape index (κ2) is 4.94. The van der Waals surface area contributed by atoms with E-state index in [1.165, 1.54) is 0 Å². The highest BCUT2D eigenvalue weighted by Gasteiger charge is 2.14. The van der Waals surface area contributed by atoms with E-state index in [0.717, 1.165) is 32.2 Å². The SMILES string of the molecule is O=Cc1cccc(OC2CCCCO2)c1. The molecule has 0 amide bonds. The smallest absolute Gasteiger partial charge is 0.199 e. The van der Waals surface area contributed by atoms with Crippen LogP contribution in [-0.4, -0.2) is 19.2 Å². The Morgan fingerprint density at radius 2 is 2.33 bits per heavy atom. The summed E-state index contributed by atoms with van der Waals surface area (Å²) in [5.74, 6) is 0.700. The summed E-state index contributed by atoms with van der Waals surface area (Å²) in [4.78, 5) is 10.6. The molecule has 0 aliphatic carbocycles. The molecule has 80 valence electrons. The zero-order chi connectivity index (χ0) is 10.5. The van der Waals surface area contributed by atoms with Crippen molar-refractivity contribution in [3.63, 3.8) is 0 Å². The van der Waals surface area contributed by atoms with E-state index in [-0.39, 0.29) is 6.29 Å². The van der Waals surface area contributed by atoms with Crippen molar-refractivity contribution in [2.45, 2.75) is 25.6 Å². The zero-order valence-corrected chi connectivity index (χ0v) is 8.52. The Hall–Kier alpha value is -1.35. The molecule has 0 radical (unpaired) electrons. The van der Waals surface area contributed by atoms with Gasteiger partial charge in [-0.15, -0.1) is 0 Å². The van der Waals surface area contributed by atoms with E-state index in [2.05, 4.69) is 0 Å². The molecule has 2 rings (SSSR count). The predicted octanol–water partition coefficient (Wildman–Crippen LogP) is 2.40. The first kappa shape index (κ1) is 10.2. The molecule has 1 aliphatic heterocycles. The van der Waals surface area contributed by atoms with Crippen LogP contribution in [0.25, 0.3) is 0 Å². The molecule has 15 heavy (non-hydrogen) atoms. The number of carbonyl (C=O) groups excluding carboxylic acids is 1. The maximum absolute atomic E-state index is 10.6. The van der Waals surface area contributed by atoms with Gasteiger partial charge < -0.3 is 9.47 Å². The van der Waals surface area contributed by atoms with Gasteiger partial charge in [0.25, 0.3) is 0 Å². The molecular weight excluding hydrogens is 192 g/mol. The maximum Gasteiger partial charge on any atom is 0.199 e. The topological polar surface area (TPSA) is 35.5 Å². The van der Waals surface area contributed by atoms with E-state index in [0.29, 0.717) is 11.3 Å². The van der Waals surface area contributed by atoms with Gasteiger partial charge in [0.05, 0.1) is 6.61 Å². The summed E-state index contributed by atoms with van der Waals surface area (Å²) in [5, 5.41) is 0. The van der Waals surface area contributed by atoms with Crippen LogP contribution < -0.4 is 4.74 Å². The molecule has 1 aliphatic rings. The molecule has 3 nitrogen and oxygen atoms in total. The Kier molecular flexibility index (Phi) is 3.35. The monoisotopic (exact) mass is 206 g/mol. The van der Waals surface area contributed by atoms with Gasteiger partial charge in [0.1, 0.15) is 12.0 Å². The average Bonchev–Trinajstić information content (AvgIpc) is 2.31. The van der Waals surface area contributed by atoms with Crippen molar-refractivity contribution in [1.82, 2.24) is 0 Å². The number of benzene rings is 1. The predicted molar refractivity (Wildman–Crippen MR) is 56.0 cm³/mol. The number of aldehydes is 1. The molecule has 1 aromatic rings. The third-order valence-electron chi connectivity index (χ3n) is 2.40. The van der Waals surface area contributed by atoms with Crippen molar-refractivity contribution in [2.24, 2.45) is 0 Å². The highest BCUT2D eigenvalue weighted by molar-refractivity contribution is 5.75. The summed E-state index contributed by atoms with van der Waals surface area (Å²) in [7, 11) is 0. The van der Waals surface area contributed by atoms with E-state index >= 15 is 0 Å². The van der Waals surface area contributed by atoms with Crippen LogP contribution in [0.4, 0.5) is 0 Å². The first-order valence-electron chi connectivity index (χ1n) is 5.22. The minimum atomic E-state index is -0.152. The molecule has 0 saturated carbocycles. The van der Waals surface area contributed by atoms with Crippen molar-refractivity contribution in [2.75, 3.05) is 6.61 Å². The minimum absolute atomic E-state index is 0.152. The first-order chi connectivity index (χ1) is 7.38. The Bertz CT molecular complexity index is 329. The Morgan fingerprint density at radius 1 is 1.40 bits per heavy atom. The minimum Gasteiger partial charge on any atom is -0.465 e. The van der Waals surface area contributed by atoms with Crippen molar-refractivity contribution < 1.29 is 14.3 Å². The van der Waals surface area contributed by atoms with Crippen LogP contribution in [0.15, 0.2) is 24.3 Å². The molecule has 0 aromatic heterocycles. The fourth-order valence-corrected chi connectivity index (χ4v) is 1.62. The van der Waals surface area contributed by atoms with Gasteiger partial charge in [0.15, 0.2) is 6.29 Å². The van der Waals surface area contributed by atoms with Gasteiger partial charge in [-0.25, -0.2) is 0 Å². The Labute approximate surface area is 89.0 Å². The van der Waals surface area contributed by atoms with Crippen LogP contribution in [-0.2, 0) is 4.74 Å². The highest BCUT2D eigenvalue weighted by atomic mass is 16.7. The summed E-state index contributed by atoms with van der Waals surface area (Å²) < 4.78 is 11.1. The largest absolute Gasteiger partial charge is 0.465 e. The van der Waals surface area contributed by atoms with Crippen LogP contribution in [0.5, 0.6) is 5.75 Å². The summed E-state index contributed by atoms with van der Waals surface area (Å²) in [5.41, 5.74) is 0.628. The maximum atomic E-state index is 10.6. The summed E-state index contributed by atoms with van der Waals surface area (Å²) >= 11 is 0. The fraction of sp³-hybridized carbons (Fsp3) is 0.417. The lowest BCUT2D eigenvalue weighted by Gasteiger charge is -2.23.